The molecular weight excluding hydrogens is 320 g/mol. The van der Waals surface area contributed by atoms with Crippen LogP contribution in [0.4, 0.5) is 11.7 Å². The predicted molar refractivity (Wildman–Crippen MR) is 83.1 cm³/mol. The molecule has 0 aliphatic heterocycles. The number of benzene rings is 1. The summed E-state index contributed by atoms with van der Waals surface area (Å²) < 4.78 is 6.57. The van der Waals surface area contributed by atoms with Crippen molar-refractivity contribution in [1.82, 2.24) is 15.5 Å². The van der Waals surface area contributed by atoms with Crippen LogP contribution in [0.3, 0.4) is 0 Å². The summed E-state index contributed by atoms with van der Waals surface area (Å²) in [6.45, 7) is 8.84. The molecule has 0 aliphatic rings. The maximum atomic E-state index is 5.57. The molecule has 1 aromatic carbocycles. The number of aromatic nitrogens is 2. The number of hydrogen-bond donors (Lipinski definition) is 2. The van der Waals surface area contributed by atoms with Crippen molar-refractivity contribution in [2.75, 3.05) is 5.32 Å². The van der Waals surface area contributed by atoms with Crippen molar-refractivity contribution in [3.05, 3.63) is 34.1 Å². The molecule has 0 saturated heterocycles. The Morgan fingerprint density at radius 3 is 2.70 bits per heavy atom. The first-order valence-electron chi connectivity index (χ1n) is 6.44. The minimum atomic E-state index is 0.0168. The van der Waals surface area contributed by atoms with Crippen molar-refractivity contribution >= 4 is 27.6 Å². The van der Waals surface area contributed by atoms with Crippen LogP contribution in [-0.2, 0) is 6.54 Å². The highest BCUT2D eigenvalue weighted by atomic mass is 79.9. The highest BCUT2D eigenvalue weighted by Gasteiger charge is 2.12. The van der Waals surface area contributed by atoms with E-state index in [0.29, 0.717) is 18.5 Å². The van der Waals surface area contributed by atoms with Crippen LogP contribution in [0, 0.1) is 6.92 Å². The molecule has 0 fully saturated rings. The summed E-state index contributed by atoms with van der Waals surface area (Å²) in [5.74, 6) is 0.565. The molecule has 2 N–H and O–H groups in total. The van der Waals surface area contributed by atoms with Gasteiger partial charge in [0.15, 0.2) is 0 Å². The zero-order chi connectivity index (χ0) is 14.8. The minimum absolute atomic E-state index is 0.0168. The number of aryl methyl sites for hydroxylation is 1. The summed E-state index contributed by atoms with van der Waals surface area (Å²) >= 11 is 3.44. The van der Waals surface area contributed by atoms with Gasteiger partial charge in [0.2, 0.25) is 5.89 Å². The smallest absolute Gasteiger partial charge is 0.320 e. The molecule has 0 unspecified atom stereocenters. The lowest BCUT2D eigenvalue weighted by atomic mass is 10.1. The fourth-order valence-corrected chi connectivity index (χ4v) is 1.92. The molecule has 0 atom stereocenters. The third kappa shape index (κ3) is 4.31. The molecule has 2 rings (SSSR count). The lowest BCUT2D eigenvalue weighted by Crippen LogP contribution is -2.35. The Hall–Kier alpha value is -1.40. The van der Waals surface area contributed by atoms with Gasteiger partial charge in [0.1, 0.15) is 0 Å². The summed E-state index contributed by atoms with van der Waals surface area (Å²) in [6, 6.07) is 6.39. The van der Waals surface area contributed by atoms with E-state index in [9.17, 15) is 0 Å². The van der Waals surface area contributed by atoms with Gasteiger partial charge in [0.25, 0.3) is 0 Å². The Morgan fingerprint density at radius 2 is 2.00 bits per heavy atom. The van der Waals surface area contributed by atoms with Crippen molar-refractivity contribution in [3.8, 4) is 0 Å². The van der Waals surface area contributed by atoms with Gasteiger partial charge in [0, 0.05) is 15.7 Å². The second-order valence-electron chi connectivity index (χ2n) is 5.69. The standard InChI is InChI=1S/C14H19BrN4O/c1-9-5-6-10(15)7-11(9)17-13-19-18-12(20-13)8-16-14(2,3)4/h5-7,16H,8H2,1-4H3,(H,17,19). The van der Waals surface area contributed by atoms with E-state index >= 15 is 0 Å². The minimum Gasteiger partial charge on any atom is -0.406 e. The average Bonchev–Trinajstić information content (AvgIpc) is 2.78. The van der Waals surface area contributed by atoms with Crippen LogP contribution in [0.15, 0.2) is 27.1 Å². The molecule has 0 bridgehead atoms. The lowest BCUT2D eigenvalue weighted by molar-refractivity contribution is 0.384. The van der Waals surface area contributed by atoms with Crippen LogP contribution in [0.1, 0.15) is 32.2 Å². The first-order chi connectivity index (χ1) is 9.33. The fourth-order valence-electron chi connectivity index (χ4n) is 1.56. The quantitative estimate of drug-likeness (QED) is 0.888. The molecule has 2 aromatic rings. The van der Waals surface area contributed by atoms with E-state index < -0.39 is 0 Å². The summed E-state index contributed by atoms with van der Waals surface area (Å²) in [7, 11) is 0. The fraction of sp³-hybridized carbons (Fsp3) is 0.429. The van der Waals surface area contributed by atoms with Gasteiger partial charge in [-0.05, 0) is 45.4 Å². The van der Waals surface area contributed by atoms with Crippen molar-refractivity contribution in [2.45, 2.75) is 39.8 Å². The number of nitrogens with zero attached hydrogens (tertiary/aromatic N) is 2. The molecule has 108 valence electrons. The Kier molecular flexibility index (Phi) is 4.45. The van der Waals surface area contributed by atoms with Gasteiger partial charge in [-0.25, -0.2) is 0 Å². The molecule has 0 amide bonds. The van der Waals surface area contributed by atoms with Crippen molar-refractivity contribution < 1.29 is 4.42 Å². The third-order valence-electron chi connectivity index (χ3n) is 2.68. The number of hydrogen-bond acceptors (Lipinski definition) is 5. The summed E-state index contributed by atoms with van der Waals surface area (Å²) in [5.41, 5.74) is 2.07. The Balaban J connectivity index is 2.04. The van der Waals surface area contributed by atoms with E-state index in [1.807, 2.05) is 25.1 Å². The molecule has 0 radical (unpaired) electrons. The molecule has 1 heterocycles. The second kappa shape index (κ2) is 5.93. The Labute approximate surface area is 127 Å². The van der Waals surface area contributed by atoms with Gasteiger partial charge in [-0.1, -0.05) is 27.1 Å². The van der Waals surface area contributed by atoms with Crippen molar-refractivity contribution in [1.29, 1.82) is 0 Å². The normalized spacial score (nSPS) is 11.7. The van der Waals surface area contributed by atoms with E-state index in [0.717, 1.165) is 15.7 Å². The third-order valence-corrected chi connectivity index (χ3v) is 3.17. The van der Waals surface area contributed by atoms with Gasteiger partial charge in [0.05, 0.1) is 6.54 Å². The van der Waals surface area contributed by atoms with Gasteiger partial charge in [-0.2, -0.15) is 0 Å². The number of rotatable bonds is 4. The molecule has 1 aromatic heterocycles. The van der Waals surface area contributed by atoms with Gasteiger partial charge in [-0.3, -0.25) is 0 Å². The largest absolute Gasteiger partial charge is 0.406 e. The van der Waals surface area contributed by atoms with Crippen LogP contribution in [0.2, 0.25) is 0 Å². The highest BCUT2D eigenvalue weighted by molar-refractivity contribution is 9.10. The predicted octanol–water partition coefficient (Wildman–Crippen LogP) is 3.77. The zero-order valence-electron chi connectivity index (χ0n) is 12.1. The second-order valence-corrected chi connectivity index (χ2v) is 6.60. The van der Waals surface area contributed by atoms with Crippen molar-refractivity contribution in [2.24, 2.45) is 0 Å². The average molecular weight is 339 g/mol. The Morgan fingerprint density at radius 1 is 1.25 bits per heavy atom. The number of halogens is 1. The van der Waals surface area contributed by atoms with Gasteiger partial charge < -0.3 is 15.1 Å². The molecule has 0 saturated carbocycles. The first-order valence-corrected chi connectivity index (χ1v) is 7.23. The molecule has 0 spiro atoms. The van der Waals surface area contributed by atoms with Crippen LogP contribution in [-0.4, -0.2) is 15.7 Å². The van der Waals surface area contributed by atoms with Gasteiger partial charge in [-0.15, -0.1) is 5.10 Å². The Bertz CT molecular complexity index is 589. The molecule has 0 aliphatic carbocycles. The summed E-state index contributed by atoms with van der Waals surface area (Å²) in [4.78, 5) is 0. The van der Waals surface area contributed by atoms with E-state index in [2.05, 4.69) is 57.5 Å². The monoisotopic (exact) mass is 338 g/mol. The zero-order valence-corrected chi connectivity index (χ0v) is 13.7. The van der Waals surface area contributed by atoms with Crippen LogP contribution < -0.4 is 10.6 Å². The van der Waals surface area contributed by atoms with Crippen LogP contribution in [0.5, 0.6) is 0 Å². The summed E-state index contributed by atoms with van der Waals surface area (Å²) in [5, 5.41) is 14.5. The van der Waals surface area contributed by atoms with E-state index in [1.54, 1.807) is 0 Å². The molecular formula is C14H19BrN4O. The van der Waals surface area contributed by atoms with E-state index in [-0.39, 0.29) is 5.54 Å². The topological polar surface area (TPSA) is 63.0 Å². The lowest BCUT2D eigenvalue weighted by Gasteiger charge is -2.18. The van der Waals surface area contributed by atoms with Crippen LogP contribution >= 0.6 is 15.9 Å². The summed E-state index contributed by atoms with van der Waals surface area (Å²) in [6.07, 6.45) is 0. The highest BCUT2D eigenvalue weighted by Crippen LogP contribution is 2.23. The van der Waals surface area contributed by atoms with Crippen LogP contribution in [0.25, 0.3) is 0 Å². The van der Waals surface area contributed by atoms with Crippen molar-refractivity contribution in [3.63, 3.8) is 0 Å². The van der Waals surface area contributed by atoms with E-state index in [4.69, 9.17) is 4.42 Å². The van der Waals surface area contributed by atoms with E-state index in [1.165, 1.54) is 0 Å². The molecule has 5 nitrogen and oxygen atoms in total. The maximum Gasteiger partial charge on any atom is 0.320 e. The SMILES string of the molecule is Cc1ccc(Br)cc1Nc1nnc(CNC(C)(C)C)o1. The van der Waals surface area contributed by atoms with Gasteiger partial charge >= 0.3 is 6.01 Å². The number of anilines is 2. The number of nitrogens with one attached hydrogen (secondary N) is 2. The molecule has 20 heavy (non-hydrogen) atoms. The maximum absolute atomic E-state index is 5.57. The molecule has 6 heteroatoms. The first kappa shape index (κ1) is 15.0.